The molecule has 0 bridgehead atoms. The third-order valence-electron chi connectivity index (χ3n) is 4.62. The Morgan fingerprint density at radius 2 is 2.00 bits per heavy atom. The molecule has 3 aromatic rings. The predicted octanol–water partition coefficient (Wildman–Crippen LogP) is 3.73. The predicted molar refractivity (Wildman–Crippen MR) is 98.6 cm³/mol. The number of benzene rings is 2. The standard InChI is InChI=1S/C19H19N3O.ClH/c23-13-17-4-1-3-16-12-22(21-19(16)17)18-8-6-14(7-9-18)15-5-2-10-20-11-15;/h1,3-4,6-9,12-13,15,20H,2,5,10-11H2;1H/t15-;/m1./s1. The fourth-order valence-corrected chi connectivity index (χ4v) is 3.33. The van der Waals surface area contributed by atoms with E-state index in [2.05, 4.69) is 34.7 Å². The van der Waals surface area contributed by atoms with Crippen LogP contribution in [0.25, 0.3) is 16.6 Å². The van der Waals surface area contributed by atoms with Crippen LogP contribution in [0.4, 0.5) is 0 Å². The molecule has 1 fully saturated rings. The normalized spacial score (nSPS) is 17.4. The number of rotatable bonds is 3. The number of halogens is 1. The molecule has 2 aromatic carbocycles. The molecule has 1 atom stereocenters. The molecule has 5 heteroatoms. The number of aromatic nitrogens is 2. The van der Waals surface area contributed by atoms with Crippen LogP contribution in [0, 0.1) is 0 Å². The van der Waals surface area contributed by atoms with Crippen molar-refractivity contribution in [3.8, 4) is 5.69 Å². The number of piperidine rings is 1. The number of hydrogen-bond donors (Lipinski definition) is 1. The van der Waals surface area contributed by atoms with Crippen LogP contribution in [-0.4, -0.2) is 29.2 Å². The molecule has 1 N–H and O–H groups in total. The van der Waals surface area contributed by atoms with Crippen molar-refractivity contribution in [2.24, 2.45) is 0 Å². The van der Waals surface area contributed by atoms with E-state index in [0.29, 0.717) is 11.5 Å². The van der Waals surface area contributed by atoms with Gasteiger partial charge in [0.15, 0.2) is 6.29 Å². The molecule has 0 saturated carbocycles. The molecule has 2 heterocycles. The Hall–Kier alpha value is -2.17. The van der Waals surface area contributed by atoms with E-state index in [1.807, 2.05) is 23.0 Å². The third-order valence-corrected chi connectivity index (χ3v) is 4.62. The molecule has 1 saturated heterocycles. The molecule has 0 aliphatic carbocycles. The summed E-state index contributed by atoms with van der Waals surface area (Å²) in [4.78, 5) is 11.1. The van der Waals surface area contributed by atoms with Gasteiger partial charge in [0.25, 0.3) is 0 Å². The van der Waals surface area contributed by atoms with Crippen molar-refractivity contribution in [3.63, 3.8) is 0 Å². The molecule has 0 amide bonds. The molecule has 4 nitrogen and oxygen atoms in total. The fraction of sp³-hybridized carbons (Fsp3) is 0.263. The van der Waals surface area contributed by atoms with Crippen LogP contribution in [0.3, 0.4) is 0 Å². The van der Waals surface area contributed by atoms with Gasteiger partial charge in [-0.3, -0.25) is 4.79 Å². The fourth-order valence-electron chi connectivity index (χ4n) is 3.33. The van der Waals surface area contributed by atoms with Gasteiger partial charge in [0.2, 0.25) is 0 Å². The highest BCUT2D eigenvalue weighted by molar-refractivity contribution is 5.95. The molecule has 124 valence electrons. The average molecular weight is 342 g/mol. The number of nitrogens with one attached hydrogen (secondary N) is 1. The Bertz CT molecular complexity index is 835. The zero-order valence-corrected chi connectivity index (χ0v) is 14.1. The largest absolute Gasteiger partial charge is 0.316 e. The zero-order valence-electron chi connectivity index (χ0n) is 13.3. The molecular formula is C19H20ClN3O. The minimum Gasteiger partial charge on any atom is -0.316 e. The van der Waals surface area contributed by atoms with Gasteiger partial charge in [0.05, 0.1) is 5.69 Å². The summed E-state index contributed by atoms with van der Waals surface area (Å²) in [5.74, 6) is 0.608. The lowest BCUT2D eigenvalue weighted by Gasteiger charge is -2.23. The molecule has 4 rings (SSSR count). The highest BCUT2D eigenvalue weighted by Crippen LogP contribution is 2.25. The van der Waals surface area contributed by atoms with Crippen LogP contribution in [0.1, 0.15) is 34.7 Å². The van der Waals surface area contributed by atoms with Gasteiger partial charge in [-0.25, -0.2) is 4.68 Å². The maximum absolute atomic E-state index is 11.1. The molecule has 24 heavy (non-hydrogen) atoms. The lowest BCUT2D eigenvalue weighted by molar-refractivity contribution is 0.112. The molecule has 0 spiro atoms. The first-order chi connectivity index (χ1) is 11.3. The number of carbonyl (C=O) groups is 1. The summed E-state index contributed by atoms with van der Waals surface area (Å²) < 4.78 is 1.85. The van der Waals surface area contributed by atoms with E-state index in [4.69, 9.17) is 0 Å². The summed E-state index contributed by atoms with van der Waals surface area (Å²) in [6.07, 6.45) is 5.32. The molecule has 1 aliphatic rings. The second-order valence-corrected chi connectivity index (χ2v) is 6.11. The summed E-state index contributed by atoms with van der Waals surface area (Å²) in [5.41, 5.74) is 3.78. The molecule has 0 radical (unpaired) electrons. The Balaban J connectivity index is 0.00000169. The first kappa shape index (κ1) is 16.7. The summed E-state index contributed by atoms with van der Waals surface area (Å²) >= 11 is 0. The average Bonchev–Trinajstić information content (AvgIpc) is 3.07. The lowest BCUT2D eigenvalue weighted by Crippen LogP contribution is -2.28. The molecule has 0 unspecified atom stereocenters. The summed E-state index contributed by atoms with van der Waals surface area (Å²) in [6, 6.07) is 14.3. The van der Waals surface area contributed by atoms with Crippen LogP contribution in [0.15, 0.2) is 48.7 Å². The SMILES string of the molecule is Cl.O=Cc1cccc2cn(-c3ccc([C@@H]4CCCNC4)cc3)nc12. The Morgan fingerprint density at radius 3 is 2.71 bits per heavy atom. The first-order valence-corrected chi connectivity index (χ1v) is 8.10. The highest BCUT2D eigenvalue weighted by atomic mass is 35.5. The third kappa shape index (κ3) is 3.07. The van der Waals surface area contributed by atoms with Crippen molar-refractivity contribution in [3.05, 3.63) is 59.8 Å². The number of fused-ring (bicyclic) bond motifs is 1. The maximum Gasteiger partial charge on any atom is 0.152 e. The van der Waals surface area contributed by atoms with Crippen molar-refractivity contribution in [1.29, 1.82) is 0 Å². The molecule has 1 aromatic heterocycles. The van der Waals surface area contributed by atoms with Gasteiger partial charge in [-0.15, -0.1) is 12.4 Å². The van der Waals surface area contributed by atoms with Crippen LogP contribution in [0.5, 0.6) is 0 Å². The van der Waals surface area contributed by atoms with E-state index >= 15 is 0 Å². The van der Waals surface area contributed by atoms with E-state index in [0.717, 1.165) is 36.0 Å². The topological polar surface area (TPSA) is 46.9 Å². The van der Waals surface area contributed by atoms with Crippen molar-refractivity contribution >= 4 is 29.6 Å². The van der Waals surface area contributed by atoms with E-state index < -0.39 is 0 Å². The summed E-state index contributed by atoms with van der Waals surface area (Å²) in [7, 11) is 0. The van der Waals surface area contributed by atoms with Crippen LogP contribution in [-0.2, 0) is 0 Å². The van der Waals surface area contributed by atoms with Gasteiger partial charge in [-0.1, -0.05) is 24.3 Å². The monoisotopic (exact) mass is 341 g/mol. The van der Waals surface area contributed by atoms with Gasteiger partial charge in [-0.05, 0) is 49.1 Å². The van der Waals surface area contributed by atoms with Crippen molar-refractivity contribution in [1.82, 2.24) is 15.1 Å². The second-order valence-electron chi connectivity index (χ2n) is 6.11. The minimum atomic E-state index is 0. The van der Waals surface area contributed by atoms with Gasteiger partial charge < -0.3 is 5.32 Å². The zero-order chi connectivity index (χ0) is 15.6. The van der Waals surface area contributed by atoms with Crippen LogP contribution >= 0.6 is 12.4 Å². The van der Waals surface area contributed by atoms with Gasteiger partial charge in [-0.2, -0.15) is 5.10 Å². The summed E-state index contributed by atoms with van der Waals surface area (Å²) in [5, 5.41) is 9.01. The van der Waals surface area contributed by atoms with E-state index in [1.54, 1.807) is 6.07 Å². The quantitative estimate of drug-likeness (QED) is 0.738. The van der Waals surface area contributed by atoms with Crippen molar-refractivity contribution in [2.75, 3.05) is 13.1 Å². The lowest BCUT2D eigenvalue weighted by atomic mass is 9.92. The Morgan fingerprint density at radius 1 is 1.17 bits per heavy atom. The number of aldehydes is 1. The minimum absolute atomic E-state index is 0. The summed E-state index contributed by atoms with van der Waals surface area (Å²) in [6.45, 7) is 2.20. The van der Waals surface area contributed by atoms with Crippen molar-refractivity contribution in [2.45, 2.75) is 18.8 Å². The number of carbonyl (C=O) groups excluding carboxylic acids is 1. The molecular weight excluding hydrogens is 322 g/mol. The van der Waals surface area contributed by atoms with Gasteiger partial charge >= 0.3 is 0 Å². The van der Waals surface area contributed by atoms with Crippen LogP contribution in [0.2, 0.25) is 0 Å². The van der Waals surface area contributed by atoms with Gasteiger partial charge in [0, 0.05) is 23.7 Å². The molecule has 1 aliphatic heterocycles. The van der Waals surface area contributed by atoms with E-state index in [1.165, 1.54) is 18.4 Å². The van der Waals surface area contributed by atoms with E-state index in [9.17, 15) is 4.79 Å². The number of hydrogen-bond acceptors (Lipinski definition) is 3. The first-order valence-electron chi connectivity index (χ1n) is 8.10. The van der Waals surface area contributed by atoms with Gasteiger partial charge in [0.1, 0.15) is 5.52 Å². The maximum atomic E-state index is 11.1. The van der Waals surface area contributed by atoms with Crippen LogP contribution < -0.4 is 5.32 Å². The Kier molecular flexibility index (Phi) is 4.97. The smallest absolute Gasteiger partial charge is 0.152 e. The second kappa shape index (κ2) is 7.16. The van der Waals surface area contributed by atoms with E-state index in [-0.39, 0.29) is 12.4 Å². The van der Waals surface area contributed by atoms with Crippen molar-refractivity contribution < 1.29 is 4.79 Å². The Labute approximate surface area is 147 Å². The number of nitrogens with zero attached hydrogens (tertiary/aromatic N) is 2. The highest BCUT2D eigenvalue weighted by Gasteiger charge is 2.15.